The van der Waals surface area contributed by atoms with Gasteiger partial charge in [0.25, 0.3) is 5.91 Å². The van der Waals surface area contributed by atoms with Crippen molar-refractivity contribution in [1.82, 2.24) is 15.1 Å². The van der Waals surface area contributed by atoms with Crippen molar-refractivity contribution in [2.24, 2.45) is 0 Å². The molecule has 2 amide bonds. The third kappa shape index (κ3) is 6.81. The number of nitrogens with one attached hydrogen (secondary N) is 1. The second-order valence-electron chi connectivity index (χ2n) is 10.5. The molecule has 0 saturated carbocycles. The fourth-order valence-electron chi connectivity index (χ4n) is 5.27. The monoisotopic (exact) mass is 559 g/mol. The van der Waals surface area contributed by atoms with E-state index in [0.29, 0.717) is 61.4 Å². The van der Waals surface area contributed by atoms with Gasteiger partial charge in [-0.25, -0.2) is 0 Å². The quantitative estimate of drug-likeness (QED) is 0.502. The lowest BCUT2D eigenvalue weighted by Gasteiger charge is -2.23. The number of ether oxygens (including phenoxy) is 4. The number of likely N-dealkylation sites (N-methyl/N-ethyl adjacent to an activating group) is 1. The van der Waals surface area contributed by atoms with E-state index in [0.717, 1.165) is 16.7 Å². The Balaban J connectivity index is 1.38. The first-order valence-corrected chi connectivity index (χ1v) is 13.9. The van der Waals surface area contributed by atoms with Gasteiger partial charge in [0, 0.05) is 32.2 Å². The molecule has 0 radical (unpaired) electrons. The first kappa shape index (κ1) is 28.4. The van der Waals surface area contributed by atoms with Gasteiger partial charge in [-0.05, 0) is 66.9 Å². The molecule has 41 heavy (non-hydrogen) atoms. The molecule has 1 saturated heterocycles. The molecule has 1 fully saturated rings. The van der Waals surface area contributed by atoms with Gasteiger partial charge in [0.05, 0.1) is 39.0 Å². The highest BCUT2D eigenvalue weighted by Crippen LogP contribution is 2.30. The Labute approximate surface area is 240 Å². The van der Waals surface area contributed by atoms with E-state index in [9.17, 15) is 9.59 Å². The average molecular weight is 560 g/mol. The summed E-state index contributed by atoms with van der Waals surface area (Å²) in [5, 5.41) is 3.13. The molecule has 2 aliphatic rings. The van der Waals surface area contributed by atoms with Crippen molar-refractivity contribution in [1.29, 1.82) is 0 Å². The number of benzene rings is 3. The summed E-state index contributed by atoms with van der Waals surface area (Å²) >= 11 is 0. The Hall–Kier alpha value is -4.08. The van der Waals surface area contributed by atoms with Gasteiger partial charge in [-0.3, -0.25) is 14.5 Å². The number of rotatable bonds is 5. The Morgan fingerprint density at radius 1 is 1.02 bits per heavy atom. The molecule has 1 N–H and O–H groups in total. The maximum absolute atomic E-state index is 13.2. The van der Waals surface area contributed by atoms with Crippen LogP contribution in [0.3, 0.4) is 0 Å². The van der Waals surface area contributed by atoms with Gasteiger partial charge in [0.2, 0.25) is 5.91 Å². The topological polar surface area (TPSA) is 89.6 Å². The Morgan fingerprint density at radius 2 is 1.88 bits per heavy atom. The Morgan fingerprint density at radius 3 is 2.68 bits per heavy atom. The molecule has 9 heteroatoms. The third-order valence-corrected chi connectivity index (χ3v) is 7.38. The van der Waals surface area contributed by atoms with E-state index in [1.807, 2.05) is 62.4 Å². The van der Waals surface area contributed by atoms with Crippen LogP contribution in [-0.4, -0.2) is 74.2 Å². The van der Waals surface area contributed by atoms with E-state index >= 15 is 0 Å². The molecule has 0 unspecified atom stereocenters. The van der Waals surface area contributed by atoms with Gasteiger partial charge in [-0.15, -0.1) is 0 Å². The molecule has 4 bridgehead atoms. The molecule has 5 rings (SSSR count). The van der Waals surface area contributed by atoms with Crippen LogP contribution in [-0.2, 0) is 22.7 Å². The Bertz CT molecular complexity index is 1410. The molecule has 2 atom stereocenters. The minimum Gasteiger partial charge on any atom is -0.493 e. The first-order valence-electron chi connectivity index (χ1n) is 13.9. The first-order chi connectivity index (χ1) is 19.8. The standard InChI is InChI=1S/C32H37N3O6/c1-5-39-29-14-22(10-12-27(29)38-4)16-35-17-26-30(18-35)40-20-23-7-6-8-25(13-23)41-28-15-24(11-9-21(28)2)32(37)34(3)19-31(36)33-26/h6-15,26,30H,5,16-20H2,1-4H3,(H,33,36)/t26-,30-/m0/s1. The highest BCUT2D eigenvalue weighted by molar-refractivity contribution is 5.96. The molecule has 9 nitrogen and oxygen atoms in total. The lowest BCUT2D eigenvalue weighted by atomic mass is 10.1. The van der Waals surface area contributed by atoms with Crippen molar-refractivity contribution in [3.05, 3.63) is 82.9 Å². The van der Waals surface area contributed by atoms with Gasteiger partial charge in [0.15, 0.2) is 11.5 Å². The predicted octanol–water partition coefficient (Wildman–Crippen LogP) is 4.17. The number of hydrogen-bond donors (Lipinski definition) is 1. The van der Waals surface area contributed by atoms with Crippen molar-refractivity contribution in [2.45, 2.75) is 39.1 Å². The van der Waals surface area contributed by atoms with E-state index < -0.39 is 0 Å². The highest BCUT2D eigenvalue weighted by Gasteiger charge is 2.35. The highest BCUT2D eigenvalue weighted by atomic mass is 16.5. The van der Waals surface area contributed by atoms with E-state index in [4.69, 9.17) is 18.9 Å². The van der Waals surface area contributed by atoms with Crippen LogP contribution in [0.25, 0.3) is 0 Å². The van der Waals surface area contributed by atoms with Gasteiger partial charge in [0.1, 0.15) is 11.5 Å². The minimum absolute atomic E-state index is 0.0681. The largest absolute Gasteiger partial charge is 0.493 e. The number of nitrogens with zero attached hydrogens (tertiary/aromatic N) is 2. The third-order valence-electron chi connectivity index (χ3n) is 7.38. The lowest BCUT2D eigenvalue weighted by Crippen LogP contribution is -2.48. The number of likely N-dealkylation sites (tertiary alicyclic amines) is 1. The summed E-state index contributed by atoms with van der Waals surface area (Å²) in [6.07, 6.45) is -0.239. The lowest BCUT2D eigenvalue weighted by molar-refractivity contribution is -0.123. The van der Waals surface area contributed by atoms with Gasteiger partial charge in [-0.2, -0.15) is 0 Å². The summed E-state index contributed by atoms with van der Waals surface area (Å²) in [4.78, 5) is 30.0. The van der Waals surface area contributed by atoms with Crippen molar-refractivity contribution in [2.75, 3.05) is 40.4 Å². The summed E-state index contributed by atoms with van der Waals surface area (Å²) in [7, 11) is 3.26. The van der Waals surface area contributed by atoms with Crippen LogP contribution in [0.15, 0.2) is 60.7 Å². The second kappa shape index (κ2) is 12.6. The fourth-order valence-corrected chi connectivity index (χ4v) is 5.27. The Kier molecular flexibility index (Phi) is 8.75. The molecule has 2 aliphatic heterocycles. The summed E-state index contributed by atoms with van der Waals surface area (Å²) < 4.78 is 23.8. The molecule has 0 aromatic heterocycles. The number of carbonyl (C=O) groups excluding carboxylic acids is 2. The zero-order valence-corrected chi connectivity index (χ0v) is 24.0. The molecule has 2 heterocycles. The molecule has 216 valence electrons. The number of aryl methyl sites for hydroxylation is 1. The van der Waals surface area contributed by atoms with Gasteiger partial charge >= 0.3 is 0 Å². The van der Waals surface area contributed by atoms with Crippen LogP contribution < -0.4 is 19.5 Å². The number of hydrogen-bond acceptors (Lipinski definition) is 7. The molecular weight excluding hydrogens is 522 g/mol. The summed E-state index contributed by atoms with van der Waals surface area (Å²) in [6.45, 7) is 6.62. The van der Waals surface area contributed by atoms with E-state index in [2.05, 4.69) is 10.2 Å². The van der Waals surface area contributed by atoms with E-state index in [-0.39, 0.29) is 30.5 Å². The maximum atomic E-state index is 13.2. The minimum atomic E-state index is -0.253. The van der Waals surface area contributed by atoms with Crippen LogP contribution in [0.5, 0.6) is 23.0 Å². The molecule has 3 aromatic rings. The predicted molar refractivity (Wildman–Crippen MR) is 155 cm³/mol. The van der Waals surface area contributed by atoms with Crippen LogP contribution >= 0.6 is 0 Å². The number of carbonyl (C=O) groups is 2. The number of amides is 2. The summed E-state index contributed by atoms with van der Waals surface area (Å²) in [5.41, 5.74) is 3.40. The molecule has 3 aromatic carbocycles. The zero-order chi connectivity index (χ0) is 28.9. The van der Waals surface area contributed by atoms with E-state index in [1.54, 1.807) is 26.3 Å². The van der Waals surface area contributed by atoms with Crippen molar-refractivity contribution in [3.63, 3.8) is 0 Å². The molecule has 0 aliphatic carbocycles. The van der Waals surface area contributed by atoms with E-state index in [1.165, 1.54) is 4.90 Å². The number of fused-ring (bicyclic) bond motifs is 5. The molecular formula is C32H37N3O6. The normalized spacial score (nSPS) is 19.8. The van der Waals surface area contributed by atoms with Gasteiger partial charge in [-0.1, -0.05) is 24.3 Å². The van der Waals surface area contributed by atoms with Crippen LogP contribution in [0.1, 0.15) is 34.0 Å². The second-order valence-corrected chi connectivity index (χ2v) is 10.5. The van der Waals surface area contributed by atoms with Crippen molar-refractivity contribution < 1.29 is 28.5 Å². The zero-order valence-electron chi connectivity index (χ0n) is 24.0. The molecule has 0 spiro atoms. The summed E-state index contributed by atoms with van der Waals surface area (Å²) in [6, 6.07) is 18.8. The maximum Gasteiger partial charge on any atom is 0.254 e. The average Bonchev–Trinajstić information content (AvgIpc) is 3.33. The fraction of sp³-hybridized carbons (Fsp3) is 0.375. The van der Waals surface area contributed by atoms with Crippen LogP contribution in [0, 0.1) is 6.92 Å². The van der Waals surface area contributed by atoms with Gasteiger partial charge < -0.3 is 29.2 Å². The SMILES string of the molecule is CCOc1cc(CN2C[C@@H]3NC(=O)CN(C)C(=O)c4ccc(C)c(c4)Oc4cccc(c4)CO[C@H]3C2)ccc1OC. The van der Waals surface area contributed by atoms with Crippen LogP contribution in [0.2, 0.25) is 0 Å². The smallest absolute Gasteiger partial charge is 0.254 e. The number of methoxy groups -OCH3 is 1. The van der Waals surface area contributed by atoms with Crippen LogP contribution in [0.4, 0.5) is 0 Å². The summed E-state index contributed by atoms with van der Waals surface area (Å²) in [5.74, 6) is 2.17. The van der Waals surface area contributed by atoms with Crippen molar-refractivity contribution in [3.8, 4) is 23.0 Å². The van der Waals surface area contributed by atoms with Crippen molar-refractivity contribution >= 4 is 11.8 Å².